The number of hydrogen-bond acceptors (Lipinski definition) is 4. The number of carbonyl (C=O) groups is 2. The van der Waals surface area contributed by atoms with Crippen LogP contribution < -0.4 is 10.6 Å². The molecule has 166 valence electrons. The third kappa shape index (κ3) is 4.77. The lowest BCUT2D eigenvalue weighted by atomic mass is 10.00. The zero-order chi connectivity index (χ0) is 22.7. The van der Waals surface area contributed by atoms with Gasteiger partial charge in [0.2, 0.25) is 0 Å². The van der Waals surface area contributed by atoms with Crippen molar-refractivity contribution in [3.8, 4) is 0 Å². The smallest absolute Gasteiger partial charge is 0.317 e. The molecule has 0 atom stereocenters. The Morgan fingerprint density at radius 3 is 2.50 bits per heavy atom. The topological polar surface area (TPSA) is 74.3 Å². The predicted octanol–water partition coefficient (Wildman–Crippen LogP) is 5.04. The minimum atomic E-state index is -0.935. The van der Waals surface area contributed by atoms with Gasteiger partial charge in [-0.15, -0.1) is 0 Å². The number of rotatable bonds is 4. The largest absolute Gasteiger partial charge is 0.338 e. The monoisotopic (exact) mass is 456 g/mol. The number of anilines is 1. The average molecular weight is 457 g/mol. The van der Waals surface area contributed by atoms with Gasteiger partial charge in [0.1, 0.15) is 17.2 Å². The van der Waals surface area contributed by atoms with Crippen molar-refractivity contribution in [2.75, 3.05) is 25.0 Å². The first-order chi connectivity index (χ1) is 15.4. The van der Waals surface area contributed by atoms with E-state index in [1.54, 1.807) is 17.0 Å². The fraction of sp³-hybridized carbons (Fsp3) is 0.261. The number of aromatic nitrogens is 1. The maximum atomic E-state index is 14.7. The summed E-state index contributed by atoms with van der Waals surface area (Å²) in [6.45, 7) is 3.52. The number of hydrogen-bond donors (Lipinski definition) is 2. The van der Waals surface area contributed by atoms with Gasteiger partial charge in [-0.05, 0) is 49.6 Å². The third-order valence-corrected chi connectivity index (χ3v) is 6.15. The number of nitrogens with one attached hydrogen (secondary N) is 2. The lowest BCUT2D eigenvalue weighted by Gasteiger charge is -2.28. The summed E-state index contributed by atoms with van der Waals surface area (Å²) < 4.78 is 30.2. The van der Waals surface area contributed by atoms with E-state index in [9.17, 15) is 18.4 Å². The SMILES string of the molecule is CCNC(=O)N1CCC(=Cc2cc(F)c(C(=O)Nc3nc4ccccc4s3)c(F)c2)CC1. The number of halogens is 2. The number of fused-ring (bicyclic) bond motifs is 1. The number of amides is 3. The van der Waals surface area contributed by atoms with Crippen LogP contribution in [-0.2, 0) is 0 Å². The summed E-state index contributed by atoms with van der Waals surface area (Å²) in [7, 11) is 0. The third-order valence-electron chi connectivity index (χ3n) is 5.20. The number of nitrogens with zero attached hydrogens (tertiary/aromatic N) is 2. The minimum absolute atomic E-state index is 0.105. The highest BCUT2D eigenvalue weighted by atomic mass is 32.1. The highest BCUT2D eigenvalue weighted by molar-refractivity contribution is 7.22. The maximum absolute atomic E-state index is 14.7. The summed E-state index contributed by atoms with van der Waals surface area (Å²) in [5.41, 5.74) is 1.40. The Balaban J connectivity index is 1.46. The van der Waals surface area contributed by atoms with E-state index in [-0.39, 0.29) is 11.2 Å². The molecule has 3 amide bonds. The van der Waals surface area contributed by atoms with Crippen molar-refractivity contribution in [1.82, 2.24) is 15.2 Å². The number of para-hydroxylation sites is 1. The van der Waals surface area contributed by atoms with Gasteiger partial charge in [-0.25, -0.2) is 18.6 Å². The number of thiazole rings is 1. The van der Waals surface area contributed by atoms with Crippen molar-refractivity contribution in [2.45, 2.75) is 19.8 Å². The van der Waals surface area contributed by atoms with Crippen LogP contribution in [0.2, 0.25) is 0 Å². The van der Waals surface area contributed by atoms with E-state index in [0.717, 1.165) is 22.4 Å². The van der Waals surface area contributed by atoms with Gasteiger partial charge < -0.3 is 10.2 Å². The second-order valence-corrected chi connectivity index (χ2v) is 8.46. The van der Waals surface area contributed by atoms with E-state index in [1.165, 1.54) is 11.3 Å². The summed E-state index contributed by atoms with van der Waals surface area (Å²) >= 11 is 1.23. The summed E-state index contributed by atoms with van der Waals surface area (Å²) in [6.07, 6.45) is 2.97. The van der Waals surface area contributed by atoms with E-state index in [4.69, 9.17) is 0 Å². The normalized spacial score (nSPS) is 13.8. The zero-order valence-corrected chi connectivity index (χ0v) is 18.3. The molecule has 0 aliphatic carbocycles. The molecule has 3 aromatic rings. The Bertz CT molecular complexity index is 1140. The maximum Gasteiger partial charge on any atom is 0.317 e. The Kier molecular flexibility index (Phi) is 6.45. The Hall–Kier alpha value is -3.33. The van der Waals surface area contributed by atoms with Crippen LogP contribution >= 0.6 is 11.3 Å². The van der Waals surface area contributed by atoms with Crippen LogP contribution in [0.5, 0.6) is 0 Å². The minimum Gasteiger partial charge on any atom is -0.338 e. The molecule has 0 radical (unpaired) electrons. The van der Waals surface area contributed by atoms with E-state index in [2.05, 4.69) is 15.6 Å². The standard InChI is InChI=1S/C23H22F2N4O2S/c1-2-26-23(31)29-9-7-14(8-10-29)11-15-12-16(24)20(17(25)13-15)21(30)28-22-27-18-5-3-4-6-19(18)32-22/h3-6,11-13H,2,7-10H2,1H3,(H,26,31)(H,27,28,30). The summed E-state index contributed by atoms with van der Waals surface area (Å²) in [6, 6.07) is 9.52. The average Bonchev–Trinajstić information content (AvgIpc) is 3.16. The molecule has 2 N–H and O–H groups in total. The molecule has 32 heavy (non-hydrogen) atoms. The molecule has 2 aromatic carbocycles. The fourth-order valence-corrected chi connectivity index (χ4v) is 4.48. The van der Waals surface area contributed by atoms with Crippen molar-refractivity contribution < 1.29 is 18.4 Å². The van der Waals surface area contributed by atoms with Gasteiger partial charge in [0.05, 0.1) is 10.2 Å². The van der Waals surface area contributed by atoms with Gasteiger partial charge in [-0.1, -0.05) is 35.1 Å². The fourth-order valence-electron chi connectivity index (χ4n) is 3.62. The molecule has 1 aromatic heterocycles. The molecule has 1 aliphatic rings. The molecular weight excluding hydrogens is 434 g/mol. The number of piperidine rings is 1. The van der Waals surface area contributed by atoms with Crippen LogP contribution in [0.15, 0.2) is 42.0 Å². The first-order valence-corrected chi connectivity index (χ1v) is 11.1. The van der Waals surface area contributed by atoms with E-state index >= 15 is 0 Å². The van der Waals surface area contributed by atoms with Crippen molar-refractivity contribution in [3.05, 3.63) is 64.7 Å². The van der Waals surface area contributed by atoms with Crippen molar-refractivity contribution in [2.24, 2.45) is 0 Å². The number of benzene rings is 2. The van der Waals surface area contributed by atoms with Crippen LogP contribution in [0.25, 0.3) is 16.3 Å². The van der Waals surface area contributed by atoms with Gasteiger partial charge in [-0.2, -0.15) is 0 Å². The number of likely N-dealkylation sites (tertiary alicyclic amines) is 1. The van der Waals surface area contributed by atoms with Gasteiger partial charge in [0.15, 0.2) is 5.13 Å². The van der Waals surface area contributed by atoms with Crippen LogP contribution in [0.4, 0.5) is 18.7 Å². The molecule has 1 fully saturated rings. The summed E-state index contributed by atoms with van der Waals surface area (Å²) in [5, 5.41) is 5.53. The Labute approximate surface area is 187 Å². The molecular formula is C23H22F2N4O2S. The lowest BCUT2D eigenvalue weighted by molar-refractivity contribution is 0.101. The molecule has 0 spiro atoms. The molecule has 4 rings (SSSR count). The molecule has 0 unspecified atom stereocenters. The molecule has 0 bridgehead atoms. The summed E-state index contributed by atoms with van der Waals surface area (Å²) in [4.78, 5) is 30.4. The van der Waals surface area contributed by atoms with E-state index < -0.39 is 23.1 Å². The van der Waals surface area contributed by atoms with Crippen LogP contribution in [0.1, 0.15) is 35.7 Å². The van der Waals surface area contributed by atoms with Crippen molar-refractivity contribution in [1.29, 1.82) is 0 Å². The Morgan fingerprint density at radius 2 is 1.84 bits per heavy atom. The predicted molar refractivity (Wildman–Crippen MR) is 122 cm³/mol. The first-order valence-electron chi connectivity index (χ1n) is 10.3. The van der Waals surface area contributed by atoms with Crippen LogP contribution in [0, 0.1) is 11.6 Å². The summed E-state index contributed by atoms with van der Waals surface area (Å²) in [5.74, 6) is -2.75. The number of urea groups is 1. The van der Waals surface area contributed by atoms with Gasteiger partial charge in [0, 0.05) is 19.6 Å². The van der Waals surface area contributed by atoms with E-state index in [0.29, 0.717) is 43.6 Å². The second-order valence-electron chi connectivity index (χ2n) is 7.43. The van der Waals surface area contributed by atoms with Crippen molar-refractivity contribution >= 4 is 44.7 Å². The van der Waals surface area contributed by atoms with Crippen LogP contribution in [0.3, 0.4) is 0 Å². The molecule has 2 heterocycles. The van der Waals surface area contributed by atoms with E-state index in [1.807, 2.05) is 25.1 Å². The molecule has 9 heteroatoms. The lowest BCUT2D eigenvalue weighted by Crippen LogP contribution is -2.43. The molecule has 0 saturated carbocycles. The molecule has 6 nitrogen and oxygen atoms in total. The first kappa shape index (κ1) is 21.9. The second kappa shape index (κ2) is 9.44. The highest BCUT2D eigenvalue weighted by Crippen LogP contribution is 2.27. The van der Waals surface area contributed by atoms with Gasteiger partial charge in [0.25, 0.3) is 5.91 Å². The quantitative estimate of drug-likeness (QED) is 0.578. The zero-order valence-electron chi connectivity index (χ0n) is 17.5. The molecule has 1 aliphatic heterocycles. The number of carbonyl (C=O) groups excluding carboxylic acids is 2. The van der Waals surface area contributed by atoms with Crippen LogP contribution in [-0.4, -0.2) is 41.5 Å². The highest BCUT2D eigenvalue weighted by Gasteiger charge is 2.21. The van der Waals surface area contributed by atoms with Gasteiger partial charge >= 0.3 is 6.03 Å². The van der Waals surface area contributed by atoms with Gasteiger partial charge in [-0.3, -0.25) is 10.1 Å². The van der Waals surface area contributed by atoms with Crippen molar-refractivity contribution in [3.63, 3.8) is 0 Å². The molecule has 1 saturated heterocycles. The Morgan fingerprint density at radius 1 is 1.16 bits per heavy atom.